The standard InChI is InChI=1S/C24H29FN4O2/c1-27(2)22(16-19(25)23(30)17-8-4-3-5-9-17)28-14-12-18(13-15-28)29-21-11-7-6-10-20(21)26-24(29)31/h3-11,18-19,22H,12-16H2,1-2H3,(H,26,31). The van der Waals surface area contributed by atoms with E-state index in [0.29, 0.717) is 5.56 Å². The van der Waals surface area contributed by atoms with Crippen LogP contribution in [0.5, 0.6) is 0 Å². The number of hydrogen-bond donors (Lipinski definition) is 1. The third-order valence-corrected chi connectivity index (χ3v) is 6.27. The molecular formula is C24H29FN4O2. The Hall–Kier alpha value is -2.77. The summed E-state index contributed by atoms with van der Waals surface area (Å²) >= 11 is 0. The van der Waals surface area contributed by atoms with Gasteiger partial charge in [0.2, 0.25) is 0 Å². The molecule has 0 aliphatic carbocycles. The predicted molar refractivity (Wildman–Crippen MR) is 120 cm³/mol. The van der Waals surface area contributed by atoms with Gasteiger partial charge in [-0.05, 0) is 39.1 Å². The number of aromatic nitrogens is 2. The summed E-state index contributed by atoms with van der Waals surface area (Å²) in [7, 11) is 3.83. The van der Waals surface area contributed by atoms with Gasteiger partial charge in [-0.15, -0.1) is 0 Å². The topological polar surface area (TPSA) is 61.3 Å². The van der Waals surface area contributed by atoms with Crippen molar-refractivity contribution in [3.63, 3.8) is 0 Å². The lowest BCUT2D eigenvalue weighted by atomic mass is 10.00. The summed E-state index contributed by atoms with van der Waals surface area (Å²) < 4.78 is 16.8. The number of Topliss-reactive ketones (excluding diaryl/α,β-unsaturated/α-hetero) is 1. The number of nitrogens with zero attached hydrogens (tertiary/aromatic N) is 3. The second kappa shape index (κ2) is 9.16. The van der Waals surface area contributed by atoms with Gasteiger partial charge >= 0.3 is 5.69 Å². The van der Waals surface area contributed by atoms with E-state index in [4.69, 9.17) is 0 Å². The number of para-hydroxylation sites is 2. The average Bonchev–Trinajstić information content (AvgIpc) is 3.13. The molecule has 2 heterocycles. The third kappa shape index (κ3) is 4.48. The lowest BCUT2D eigenvalue weighted by molar-refractivity contribution is 0.0267. The number of carbonyl (C=O) groups is 1. The van der Waals surface area contributed by atoms with Gasteiger partial charge in [-0.25, -0.2) is 9.18 Å². The van der Waals surface area contributed by atoms with Crippen LogP contribution in [0.2, 0.25) is 0 Å². The molecule has 6 nitrogen and oxygen atoms in total. The summed E-state index contributed by atoms with van der Waals surface area (Å²) in [6, 6.07) is 16.5. The molecule has 1 aromatic heterocycles. The Morgan fingerprint density at radius 2 is 1.74 bits per heavy atom. The molecule has 0 saturated carbocycles. The summed E-state index contributed by atoms with van der Waals surface area (Å²) in [4.78, 5) is 32.1. The molecule has 0 spiro atoms. The predicted octanol–water partition coefficient (Wildman–Crippen LogP) is 3.47. The number of benzene rings is 2. The van der Waals surface area contributed by atoms with Crippen molar-refractivity contribution in [3.8, 4) is 0 Å². The zero-order valence-corrected chi connectivity index (χ0v) is 18.0. The minimum atomic E-state index is -1.55. The Morgan fingerprint density at radius 1 is 1.10 bits per heavy atom. The molecule has 1 N–H and O–H groups in total. The summed E-state index contributed by atoms with van der Waals surface area (Å²) in [6.45, 7) is 1.48. The second-order valence-corrected chi connectivity index (χ2v) is 8.46. The van der Waals surface area contributed by atoms with Gasteiger partial charge < -0.3 is 4.98 Å². The summed E-state index contributed by atoms with van der Waals surface area (Å²) in [5.41, 5.74) is 2.10. The van der Waals surface area contributed by atoms with Crippen LogP contribution in [0.25, 0.3) is 11.0 Å². The highest BCUT2D eigenvalue weighted by Gasteiger charge is 2.32. The number of aromatic amines is 1. The molecule has 2 aromatic carbocycles. The van der Waals surface area contributed by atoms with Gasteiger partial charge in [0, 0.05) is 31.1 Å². The lowest BCUT2D eigenvalue weighted by Gasteiger charge is -2.41. The number of ketones is 1. The lowest BCUT2D eigenvalue weighted by Crippen LogP contribution is -2.50. The van der Waals surface area contributed by atoms with Crippen molar-refractivity contribution in [2.75, 3.05) is 27.2 Å². The minimum absolute atomic E-state index is 0.0823. The highest BCUT2D eigenvalue weighted by Crippen LogP contribution is 2.27. The largest absolute Gasteiger partial charge is 0.326 e. The fraction of sp³-hybridized carbons (Fsp3) is 0.417. The van der Waals surface area contributed by atoms with E-state index in [1.165, 1.54) is 0 Å². The molecular weight excluding hydrogens is 395 g/mol. The van der Waals surface area contributed by atoms with Crippen molar-refractivity contribution in [1.29, 1.82) is 0 Å². The number of H-pyrrole nitrogens is 1. The van der Waals surface area contributed by atoms with E-state index >= 15 is 0 Å². The molecule has 1 saturated heterocycles. The Morgan fingerprint density at radius 3 is 2.42 bits per heavy atom. The van der Waals surface area contributed by atoms with Crippen LogP contribution in [0.1, 0.15) is 35.7 Å². The van der Waals surface area contributed by atoms with Crippen molar-refractivity contribution < 1.29 is 9.18 Å². The van der Waals surface area contributed by atoms with Gasteiger partial charge in [0.1, 0.15) is 0 Å². The molecule has 31 heavy (non-hydrogen) atoms. The van der Waals surface area contributed by atoms with E-state index in [2.05, 4.69) is 9.88 Å². The number of hydrogen-bond acceptors (Lipinski definition) is 4. The highest BCUT2D eigenvalue weighted by atomic mass is 19.1. The van der Waals surface area contributed by atoms with E-state index in [0.717, 1.165) is 37.0 Å². The highest BCUT2D eigenvalue weighted by molar-refractivity contribution is 5.99. The fourth-order valence-electron chi connectivity index (χ4n) is 4.64. The van der Waals surface area contributed by atoms with Gasteiger partial charge in [-0.1, -0.05) is 42.5 Å². The quantitative estimate of drug-likeness (QED) is 0.590. The Kier molecular flexibility index (Phi) is 6.34. The van der Waals surface area contributed by atoms with Gasteiger partial charge in [-0.3, -0.25) is 19.2 Å². The van der Waals surface area contributed by atoms with Gasteiger partial charge in [-0.2, -0.15) is 0 Å². The third-order valence-electron chi connectivity index (χ3n) is 6.27. The van der Waals surface area contributed by atoms with Crippen LogP contribution in [0.15, 0.2) is 59.4 Å². The first-order chi connectivity index (χ1) is 15.0. The summed E-state index contributed by atoms with van der Waals surface area (Å²) in [6.07, 6.45) is -0.00359. The maximum atomic E-state index is 14.9. The van der Waals surface area contributed by atoms with Crippen LogP contribution in [0, 0.1) is 0 Å². The minimum Gasteiger partial charge on any atom is -0.306 e. The van der Waals surface area contributed by atoms with Crippen LogP contribution in [-0.4, -0.2) is 64.7 Å². The van der Waals surface area contributed by atoms with Crippen LogP contribution in [0.3, 0.4) is 0 Å². The van der Waals surface area contributed by atoms with E-state index < -0.39 is 12.0 Å². The van der Waals surface area contributed by atoms with Crippen LogP contribution in [0.4, 0.5) is 4.39 Å². The van der Waals surface area contributed by atoms with Gasteiger partial charge in [0.15, 0.2) is 12.0 Å². The number of fused-ring (bicyclic) bond motifs is 1. The monoisotopic (exact) mass is 424 g/mol. The van der Waals surface area contributed by atoms with Crippen molar-refractivity contribution >= 4 is 16.8 Å². The maximum absolute atomic E-state index is 14.9. The number of imidazole rings is 1. The average molecular weight is 425 g/mol. The number of halogens is 1. The van der Waals surface area contributed by atoms with E-state index in [-0.39, 0.29) is 24.3 Å². The first-order valence-corrected chi connectivity index (χ1v) is 10.8. The molecule has 3 aromatic rings. The first-order valence-electron chi connectivity index (χ1n) is 10.8. The number of nitrogens with one attached hydrogen (secondary N) is 1. The molecule has 2 atom stereocenters. The maximum Gasteiger partial charge on any atom is 0.326 e. The summed E-state index contributed by atoms with van der Waals surface area (Å²) in [5, 5.41) is 0. The molecule has 2 unspecified atom stereocenters. The molecule has 0 radical (unpaired) electrons. The molecule has 1 aliphatic heterocycles. The van der Waals surface area contributed by atoms with Crippen molar-refractivity contribution in [1.82, 2.24) is 19.4 Å². The zero-order chi connectivity index (χ0) is 22.0. The second-order valence-electron chi connectivity index (χ2n) is 8.46. The molecule has 164 valence electrons. The molecule has 1 fully saturated rings. The van der Waals surface area contributed by atoms with Crippen LogP contribution >= 0.6 is 0 Å². The molecule has 1 aliphatic rings. The zero-order valence-electron chi connectivity index (χ0n) is 18.0. The Labute approximate surface area is 181 Å². The van der Waals surface area contributed by atoms with Crippen LogP contribution < -0.4 is 5.69 Å². The Bertz CT molecular complexity index is 1080. The number of rotatable bonds is 7. The molecule has 0 amide bonds. The van der Waals surface area contributed by atoms with Gasteiger partial charge in [0.25, 0.3) is 0 Å². The van der Waals surface area contributed by atoms with Crippen LogP contribution in [-0.2, 0) is 0 Å². The van der Waals surface area contributed by atoms with Crippen molar-refractivity contribution in [3.05, 3.63) is 70.6 Å². The van der Waals surface area contributed by atoms with Crippen molar-refractivity contribution in [2.24, 2.45) is 0 Å². The number of carbonyl (C=O) groups excluding carboxylic acids is 1. The normalized spacial score (nSPS) is 17.8. The molecule has 0 bridgehead atoms. The van der Waals surface area contributed by atoms with E-state index in [1.54, 1.807) is 24.3 Å². The SMILES string of the molecule is CN(C)C(CC(F)C(=O)c1ccccc1)N1CCC(n2c(=O)[nH]c3ccccc32)CC1. The number of piperidine rings is 1. The number of alkyl halides is 1. The molecule has 4 rings (SSSR count). The number of likely N-dealkylation sites (tertiary alicyclic amines) is 1. The Balaban J connectivity index is 1.44. The van der Waals surface area contributed by atoms with E-state index in [9.17, 15) is 14.0 Å². The van der Waals surface area contributed by atoms with Gasteiger partial charge in [0.05, 0.1) is 17.2 Å². The van der Waals surface area contributed by atoms with E-state index in [1.807, 2.05) is 53.9 Å². The summed E-state index contributed by atoms with van der Waals surface area (Å²) in [5.74, 6) is -0.465. The fourth-order valence-corrected chi connectivity index (χ4v) is 4.64. The molecule has 7 heteroatoms. The van der Waals surface area contributed by atoms with Crippen molar-refractivity contribution in [2.45, 2.75) is 37.6 Å². The first kappa shape index (κ1) is 21.5. The smallest absolute Gasteiger partial charge is 0.306 e.